The highest BCUT2D eigenvalue weighted by Crippen LogP contribution is 2.29. The van der Waals surface area contributed by atoms with E-state index in [1.165, 1.54) is 6.20 Å². The Morgan fingerprint density at radius 1 is 1.43 bits per heavy atom. The summed E-state index contributed by atoms with van der Waals surface area (Å²) in [5.74, 6) is -0.0202. The minimum absolute atomic E-state index is 0.273. The Labute approximate surface area is 131 Å². The average Bonchev–Trinajstić information content (AvgIpc) is 2.46. The van der Waals surface area contributed by atoms with E-state index < -0.39 is 5.97 Å². The van der Waals surface area contributed by atoms with Crippen molar-refractivity contribution in [1.82, 2.24) is 4.98 Å². The van der Waals surface area contributed by atoms with E-state index >= 15 is 0 Å². The topological polar surface area (TPSA) is 77.2 Å². The lowest BCUT2D eigenvalue weighted by Crippen LogP contribution is -2.10. The lowest BCUT2D eigenvalue weighted by atomic mass is 10.2. The fourth-order valence-electron chi connectivity index (χ4n) is 1.83. The maximum Gasteiger partial charge on any atom is 0.340 e. The number of halogens is 1. The molecule has 0 aliphatic heterocycles. The zero-order valence-corrected chi connectivity index (χ0v) is 13.4. The van der Waals surface area contributed by atoms with Crippen LogP contribution in [0.1, 0.15) is 22.8 Å². The van der Waals surface area contributed by atoms with E-state index in [9.17, 15) is 4.79 Å². The van der Waals surface area contributed by atoms with Crippen molar-refractivity contribution in [3.63, 3.8) is 0 Å². The zero-order chi connectivity index (χ0) is 15.4. The first kappa shape index (κ1) is 15.3. The van der Waals surface area contributed by atoms with Gasteiger partial charge in [-0.15, -0.1) is 0 Å². The predicted octanol–water partition coefficient (Wildman–Crippen LogP) is 3.66. The van der Waals surface area contributed by atoms with Crippen LogP contribution in [-0.4, -0.2) is 17.6 Å². The van der Waals surface area contributed by atoms with Crippen LogP contribution in [0, 0.1) is 6.92 Å². The van der Waals surface area contributed by atoms with Gasteiger partial charge in [-0.05, 0) is 37.6 Å². The highest BCUT2D eigenvalue weighted by molar-refractivity contribution is 9.10. The number of hydrogen-bond acceptors (Lipinski definition) is 5. The Balaban J connectivity index is 2.35. The van der Waals surface area contributed by atoms with E-state index in [0.29, 0.717) is 18.0 Å². The number of nitrogens with one attached hydrogen (secondary N) is 1. The van der Waals surface area contributed by atoms with Crippen molar-refractivity contribution in [2.45, 2.75) is 13.8 Å². The molecule has 0 bridgehead atoms. The summed E-state index contributed by atoms with van der Waals surface area (Å²) in [6.07, 6.45) is 1.53. The smallest absolute Gasteiger partial charge is 0.340 e. The van der Waals surface area contributed by atoms with E-state index in [0.717, 1.165) is 15.7 Å². The van der Waals surface area contributed by atoms with Gasteiger partial charge in [0.1, 0.15) is 0 Å². The minimum Gasteiger partial charge on any atom is -0.462 e. The van der Waals surface area contributed by atoms with E-state index in [2.05, 4.69) is 26.2 Å². The number of hydrogen-bond donors (Lipinski definition) is 2. The summed E-state index contributed by atoms with van der Waals surface area (Å²) < 4.78 is 5.95. The number of nitrogens with two attached hydrogens (primary N) is 1. The van der Waals surface area contributed by atoms with Gasteiger partial charge in [0.15, 0.2) is 5.82 Å². The molecule has 21 heavy (non-hydrogen) atoms. The molecule has 0 fully saturated rings. The number of benzene rings is 1. The fraction of sp³-hybridized carbons (Fsp3) is 0.200. The number of rotatable bonds is 4. The molecule has 1 aromatic heterocycles. The molecular formula is C15H16BrN3O2. The van der Waals surface area contributed by atoms with Crippen molar-refractivity contribution in [1.29, 1.82) is 0 Å². The molecule has 5 nitrogen and oxygen atoms in total. The van der Waals surface area contributed by atoms with Gasteiger partial charge in [-0.2, -0.15) is 0 Å². The van der Waals surface area contributed by atoms with Gasteiger partial charge in [-0.25, -0.2) is 9.78 Å². The van der Waals surface area contributed by atoms with Gasteiger partial charge < -0.3 is 15.8 Å². The maximum absolute atomic E-state index is 11.8. The second kappa shape index (κ2) is 6.58. The number of carbonyl (C=O) groups excluding carboxylic acids is 1. The maximum atomic E-state index is 11.8. The fourth-order valence-corrected chi connectivity index (χ4v) is 2.20. The van der Waals surface area contributed by atoms with Gasteiger partial charge in [-0.3, -0.25) is 0 Å². The molecule has 0 saturated carbocycles. The molecule has 2 aromatic rings. The Kier molecular flexibility index (Phi) is 4.80. The molecule has 6 heteroatoms. The molecule has 2 rings (SSSR count). The molecule has 3 N–H and O–H groups in total. The van der Waals surface area contributed by atoms with Crippen molar-refractivity contribution in [2.75, 3.05) is 17.7 Å². The van der Waals surface area contributed by atoms with Crippen LogP contribution in [-0.2, 0) is 4.74 Å². The third-order valence-electron chi connectivity index (χ3n) is 3.01. The molecular weight excluding hydrogens is 334 g/mol. The van der Waals surface area contributed by atoms with E-state index in [1.807, 2.05) is 25.1 Å². The highest BCUT2D eigenvalue weighted by Gasteiger charge is 2.15. The summed E-state index contributed by atoms with van der Waals surface area (Å²) in [4.78, 5) is 16.0. The third kappa shape index (κ3) is 3.33. The molecule has 110 valence electrons. The molecule has 0 spiro atoms. The summed E-state index contributed by atoms with van der Waals surface area (Å²) in [7, 11) is 0. The molecule has 0 atom stereocenters. The van der Waals surface area contributed by atoms with Crippen molar-refractivity contribution in [3.05, 3.63) is 46.1 Å². The molecule has 1 heterocycles. The highest BCUT2D eigenvalue weighted by atomic mass is 79.9. The first-order valence-corrected chi connectivity index (χ1v) is 7.27. The van der Waals surface area contributed by atoms with Crippen molar-refractivity contribution in [2.24, 2.45) is 0 Å². The largest absolute Gasteiger partial charge is 0.462 e. The Morgan fingerprint density at radius 2 is 2.19 bits per heavy atom. The van der Waals surface area contributed by atoms with Gasteiger partial charge in [-0.1, -0.05) is 22.0 Å². The molecule has 0 radical (unpaired) electrons. The monoisotopic (exact) mass is 349 g/mol. The minimum atomic E-state index is -0.452. The quantitative estimate of drug-likeness (QED) is 0.823. The van der Waals surface area contributed by atoms with E-state index in [1.54, 1.807) is 13.0 Å². The van der Waals surface area contributed by atoms with Gasteiger partial charge >= 0.3 is 5.97 Å². The number of pyridine rings is 1. The molecule has 0 saturated heterocycles. The van der Waals surface area contributed by atoms with Crippen LogP contribution in [0.5, 0.6) is 0 Å². The van der Waals surface area contributed by atoms with Crippen molar-refractivity contribution >= 4 is 39.1 Å². The van der Waals surface area contributed by atoms with Crippen LogP contribution in [0.25, 0.3) is 0 Å². The molecule has 0 amide bonds. The van der Waals surface area contributed by atoms with E-state index in [4.69, 9.17) is 10.5 Å². The van der Waals surface area contributed by atoms with Crippen molar-refractivity contribution in [3.8, 4) is 0 Å². The lowest BCUT2D eigenvalue weighted by Gasteiger charge is -2.13. The van der Waals surface area contributed by atoms with Gasteiger partial charge in [0.25, 0.3) is 0 Å². The number of nitrogens with zero attached hydrogens (tertiary/aromatic N) is 1. The summed E-state index contributed by atoms with van der Waals surface area (Å²) in [6, 6.07) is 7.32. The first-order chi connectivity index (χ1) is 10.0. The van der Waals surface area contributed by atoms with Crippen LogP contribution in [0.2, 0.25) is 0 Å². The first-order valence-electron chi connectivity index (χ1n) is 6.48. The standard InChI is InChI=1S/C15H16BrN3O2/c1-3-21-15(20)10-7-8-18-14(13(10)17)19-12-6-4-5-11(16)9(12)2/h4-8H,3,17H2,1-2H3,(H,18,19). The number of esters is 1. The summed E-state index contributed by atoms with van der Waals surface area (Å²) >= 11 is 3.47. The molecule has 1 aromatic carbocycles. The Morgan fingerprint density at radius 3 is 2.90 bits per heavy atom. The molecule has 0 aliphatic rings. The summed E-state index contributed by atoms with van der Waals surface area (Å²) in [5, 5.41) is 3.14. The van der Waals surface area contributed by atoms with E-state index in [-0.39, 0.29) is 5.69 Å². The van der Waals surface area contributed by atoms with Crippen LogP contribution in [0.3, 0.4) is 0 Å². The molecule has 0 aliphatic carbocycles. The van der Waals surface area contributed by atoms with Crippen LogP contribution in [0.4, 0.5) is 17.2 Å². The summed E-state index contributed by atoms with van der Waals surface area (Å²) in [5.41, 5.74) is 8.49. The Hall–Kier alpha value is -2.08. The number of anilines is 3. The third-order valence-corrected chi connectivity index (χ3v) is 3.87. The zero-order valence-electron chi connectivity index (χ0n) is 11.8. The van der Waals surface area contributed by atoms with Gasteiger partial charge in [0.2, 0.25) is 0 Å². The average molecular weight is 350 g/mol. The number of ether oxygens (including phenoxy) is 1. The number of aromatic nitrogens is 1. The van der Waals surface area contributed by atoms with Gasteiger partial charge in [0.05, 0.1) is 17.9 Å². The normalized spacial score (nSPS) is 10.2. The molecule has 0 unspecified atom stereocenters. The second-order valence-corrected chi connectivity index (χ2v) is 5.23. The summed E-state index contributed by atoms with van der Waals surface area (Å²) in [6.45, 7) is 4.02. The Bertz CT molecular complexity index is 674. The SMILES string of the molecule is CCOC(=O)c1ccnc(Nc2cccc(Br)c2C)c1N. The van der Waals surface area contributed by atoms with Crippen LogP contribution < -0.4 is 11.1 Å². The number of carbonyl (C=O) groups is 1. The lowest BCUT2D eigenvalue weighted by molar-refractivity contribution is 0.0527. The second-order valence-electron chi connectivity index (χ2n) is 4.38. The van der Waals surface area contributed by atoms with Gasteiger partial charge in [0, 0.05) is 16.4 Å². The van der Waals surface area contributed by atoms with Crippen LogP contribution in [0.15, 0.2) is 34.9 Å². The van der Waals surface area contributed by atoms with Crippen molar-refractivity contribution < 1.29 is 9.53 Å². The van der Waals surface area contributed by atoms with Crippen LogP contribution >= 0.6 is 15.9 Å². The predicted molar refractivity (Wildman–Crippen MR) is 86.8 cm³/mol. The number of nitrogen functional groups attached to an aromatic ring is 1.